The minimum Gasteiger partial charge on any atom is -0.390 e. The summed E-state index contributed by atoms with van der Waals surface area (Å²) >= 11 is 2.97. The molecule has 0 radical (unpaired) electrons. The molecule has 156 valence electrons. The van der Waals surface area contributed by atoms with Crippen molar-refractivity contribution in [2.75, 3.05) is 5.32 Å². The van der Waals surface area contributed by atoms with E-state index in [1.54, 1.807) is 18.3 Å². The van der Waals surface area contributed by atoms with E-state index < -0.39 is 0 Å². The van der Waals surface area contributed by atoms with Crippen LogP contribution < -0.4 is 10.0 Å². The molecule has 8 nitrogen and oxygen atoms in total. The smallest absolute Gasteiger partial charge is 0.139 e. The molecule has 4 N–H and O–H groups in total. The lowest BCUT2D eigenvalue weighted by Gasteiger charge is -2.37. The molecule has 4 heterocycles. The van der Waals surface area contributed by atoms with Gasteiger partial charge in [0, 0.05) is 41.4 Å². The van der Waals surface area contributed by atoms with Crippen molar-refractivity contribution in [3.8, 4) is 16.6 Å². The van der Waals surface area contributed by atoms with Crippen LogP contribution >= 0.6 is 23.3 Å². The lowest BCUT2D eigenvalue weighted by atomic mass is 9.87. The Labute approximate surface area is 186 Å². The van der Waals surface area contributed by atoms with E-state index in [-0.39, 0.29) is 6.61 Å². The van der Waals surface area contributed by atoms with Crippen LogP contribution in [0.1, 0.15) is 24.1 Å². The predicted molar refractivity (Wildman–Crippen MR) is 122 cm³/mol. The molecule has 0 atom stereocenters. The molecule has 4 aromatic heterocycles. The van der Waals surface area contributed by atoms with Gasteiger partial charge in [-0.2, -0.15) is 5.26 Å². The molecule has 0 spiro atoms. The van der Waals surface area contributed by atoms with Gasteiger partial charge in [-0.1, -0.05) is 0 Å². The van der Waals surface area contributed by atoms with Crippen LogP contribution in [0, 0.1) is 11.3 Å². The van der Waals surface area contributed by atoms with Crippen molar-refractivity contribution in [2.24, 2.45) is 0 Å². The van der Waals surface area contributed by atoms with Crippen molar-refractivity contribution < 1.29 is 5.11 Å². The summed E-state index contributed by atoms with van der Waals surface area (Å²) in [5, 5.41) is 26.6. The molecule has 0 unspecified atom stereocenters. The highest BCUT2D eigenvalue weighted by atomic mass is 32.2. The van der Waals surface area contributed by atoms with Gasteiger partial charge in [0.15, 0.2) is 0 Å². The number of rotatable bonds is 7. The second kappa shape index (κ2) is 8.64. The minimum atomic E-state index is -0.0706. The molecule has 0 saturated heterocycles. The standard InChI is InChI=1S/C21H19N7OS2/c22-8-12-1-3-23-18(5-12)31-28-14-6-13(7-14)26-19-16-2-4-24-20(16)25-9-17(19)21-27-15(10-29)11-30-21/h1-5,9,11,13-14,28-29H,6-7,10H2,(H2,24,25,26). The quantitative estimate of drug-likeness (QED) is 0.315. The minimum absolute atomic E-state index is 0.0706. The normalized spacial score (nSPS) is 17.9. The van der Waals surface area contributed by atoms with E-state index in [2.05, 4.69) is 36.0 Å². The van der Waals surface area contributed by atoms with E-state index in [1.165, 1.54) is 23.3 Å². The van der Waals surface area contributed by atoms with Crippen LogP contribution in [0.4, 0.5) is 5.69 Å². The summed E-state index contributed by atoms with van der Waals surface area (Å²) in [5.41, 5.74) is 4.07. The van der Waals surface area contributed by atoms with Gasteiger partial charge in [-0.3, -0.25) is 4.72 Å². The Kier molecular flexibility index (Phi) is 5.57. The number of hydrogen-bond donors (Lipinski definition) is 4. The highest BCUT2D eigenvalue weighted by Crippen LogP contribution is 2.37. The van der Waals surface area contributed by atoms with Crippen molar-refractivity contribution >= 4 is 40.0 Å². The Balaban J connectivity index is 1.27. The number of aliphatic hydroxyl groups is 1. The van der Waals surface area contributed by atoms with Gasteiger partial charge in [-0.25, -0.2) is 15.0 Å². The number of fused-ring (bicyclic) bond motifs is 1. The first-order valence-electron chi connectivity index (χ1n) is 9.80. The lowest BCUT2D eigenvalue weighted by molar-refractivity contribution is 0.278. The third kappa shape index (κ3) is 4.13. The lowest BCUT2D eigenvalue weighted by Crippen LogP contribution is -2.45. The fourth-order valence-corrected chi connectivity index (χ4v) is 5.15. The Morgan fingerprint density at radius 3 is 3.00 bits per heavy atom. The number of thiazole rings is 1. The molecular weight excluding hydrogens is 430 g/mol. The number of aromatic amines is 1. The summed E-state index contributed by atoms with van der Waals surface area (Å²) in [5.74, 6) is 0. The fourth-order valence-electron chi connectivity index (χ4n) is 3.54. The van der Waals surface area contributed by atoms with Crippen LogP contribution in [0.15, 0.2) is 47.2 Å². The number of hydrogen-bond acceptors (Lipinski definition) is 9. The van der Waals surface area contributed by atoms with Crippen LogP contribution in [0.2, 0.25) is 0 Å². The van der Waals surface area contributed by atoms with Crippen molar-refractivity contribution in [1.29, 1.82) is 5.26 Å². The molecule has 10 heteroatoms. The maximum absolute atomic E-state index is 9.37. The Bertz CT molecular complexity index is 1260. The van der Waals surface area contributed by atoms with Crippen molar-refractivity contribution in [1.82, 2.24) is 24.7 Å². The van der Waals surface area contributed by atoms with Gasteiger partial charge in [-0.15, -0.1) is 11.3 Å². The SMILES string of the molecule is N#Cc1ccnc(SNC2CC(Nc3c(-c4nc(CO)cs4)cnc4[nH]ccc34)C2)c1. The van der Waals surface area contributed by atoms with E-state index in [4.69, 9.17) is 5.26 Å². The van der Waals surface area contributed by atoms with Gasteiger partial charge < -0.3 is 15.4 Å². The van der Waals surface area contributed by atoms with Crippen LogP contribution in [0.3, 0.4) is 0 Å². The summed E-state index contributed by atoms with van der Waals surface area (Å²) in [6.45, 7) is -0.0706. The van der Waals surface area contributed by atoms with Crippen molar-refractivity contribution in [2.45, 2.75) is 36.6 Å². The van der Waals surface area contributed by atoms with E-state index >= 15 is 0 Å². The largest absolute Gasteiger partial charge is 0.390 e. The summed E-state index contributed by atoms with van der Waals surface area (Å²) in [4.78, 5) is 16.5. The number of nitriles is 1. The molecule has 1 saturated carbocycles. The second-order valence-corrected chi connectivity index (χ2v) is 9.03. The predicted octanol–water partition coefficient (Wildman–Crippen LogP) is 3.69. The van der Waals surface area contributed by atoms with E-state index in [0.717, 1.165) is 45.2 Å². The first-order chi connectivity index (χ1) is 15.2. The summed E-state index contributed by atoms with van der Waals surface area (Å²) in [6.07, 6.45) is 7.31. The zero-order chi connectivity index (χ0) is 21.2. The molecule has 4 aromatic rings. The van der Waals surface area contributed by atoms with Gasteiger partial charge in [0.1, 0.15) is 15.7 Å². The summed E-state index contributed by atoms with van der Waals surface area (Å²) in [6, 6.07) is 8.33. The highest BCUT2D eigenvalue weighted by Gasteiger charge is 2.30. The highest BCUT2D eigenvalue weighted by molar-refractivity contribution is 7.97. The first-order valence-corrected chi connectivity index (χ1v) is 11.5. The number of pyridine rings is 2. The number of anilines is 1. The Hall–Kier alpha value is -2.97. The molecule has 5 rings (SSSR count). The van der Waals surface area contributed by atoms with E-state index in [9.17, 15) is 5.11 Å². The number of nitrogens with one attached hydrogen (secondary N) is 3. The van der Waals surface area contributed by atoms with Crippen LogP contribution in [0.25, 0.3) is 21.6 Å². The average Bonchev–Trinajstić information content (AvgIpc) is 3.44. The summed E-state index contributed by atoms with van der Waals surface area (Å²) < 4.78 is 3.44. The van der Waals surface area contributed by atoms with Gasteiger partial charge >= 0.3 is 0 Å². The zero-order valence-electron chi connectivity index (χ0n) is 16.4. The first kappa shape index (κ1) is 20.0. The molecule has 0 bridgehead atoms. The third-order valence-electron chi connectivity index (χ3n) is 5.21. The molecule has 1 fully saturated rings. The van der Waals surface area contributed by atoms with Crippen molar-refractivity contribution in [3.05, 3.63) is 53.4 Å². The van der Waals surface area contributed by atoms with Gasteiger partial charge in [0.05, 0.1) is 35.2 Å². The van der Waals surface area contributed by atoms with E-state index in [1.807, 2.05) is 23.8 Å². The number of aliphatic hydroxyl groups excluding tert-OH is 1. The molecule has 31 heavy (non-hydrogen) atoms. The molecular formula is C21H19N7OS2. The number of aromatic nitrogens is 4. The maximum atomic E-state index is 9.37. The number of H-pyrrole nitrogens is 1. The van der Waals surface area contributed by atoms with Gasteiger partial charge in [0.2, 0.25) is 0 Å². The molecule has 0 amide bonds. The Morgan fingerprint density at radius 2 is 2.19 bits per heavy atom. The molecule has 0 aliphatic heterocycles. The monoisotopic (exact) mass is 449 g/mol. The van der Waals surface area contributed by atoms with Crippen LogP contribution in [0.5, 0.6) is 0 Å². The molecule has 1 aliphatic carbocycles. The fraction of sp³-hybridized carbons (Fsp3) is 0.238. The second-order valence-electron chi connectivity index (χ2n) is 7.31. The molecule has 1 aliphatic rings. The number of nitrogens with zero attached hydrogens (tertiary/aromatic N) is 4. The topological polar surface area (TPSA) is 123 Å². The van der Waals surface area contributed by atoms with Gasteiger partial charge in [-0.05, 0) is 43.0 Å². The van der Waals surface area contributed by atoms with Crippen LogP contribution in [-0.4, -0.2) is 37.1 Å². The summed E-state index contributed by atoms with van der Waals surface area (Å²) in [7, 11) is 0. The average molecular weight is 450 g/mol. The maximum Gasteiger partial charge on any atom is 0.139 e. The van der Waals surface area contributed by atoms with Crippen LogP contribution in [-0.2, 0) is 6.61 Å². The molecule has 0 aromatic carbocycles. The third-order valence-corrected chi connectivity index (χ3v) is 7.02. The van der Waals surface area contributed by atoms with Gasteiger partial charge in [0.25, 0.3) is 0 Å². The van der Waals surface area contributed by atoms with Crippen molar-refractivity contribution in [3.63, 3.8) is 0 Å². The van der Waals surface area contributed by atoms with E-state index in [0.29, 0.717) is 23.3 Å². The Morgan fingerprint density at radius 1 is 1.29 bits per heavy atom. The zero-order valence-corrected chi connectivity index (χ0v) is 18.0.